The predicted octanol–water partition coefficient (Wildman–Crippen LogP) is -1.14. The van der Waals surface area contributed by atoms with Crippen molar-refractivity contribution in [2.45, 2.75) is 55.1 Å². The number of hydrogen-bond donors (Lipinski definition) is 8. The third kappa shape index (κ3) is 5.25. The maximum Gasteiger partial charge on any atom is 0.197 e. The van der Waals surface area contributed by atoms with Crippen LogP contribution >= 0.6 is 0 Å². The van der Waals surface area contributed by atoms with Crippen LogP contribution in [0, 0.1) is 0 Å². The molecule has 0 amide bonds. The summed E-state index contributed by atoms with van der Waals surface area (Å²) >= 11 is 0. The lowest BCUT2D eigenvalue weighted by molar-refractivity contribution is -0.325. The Balaban J connectivity index is 1.61. The second-order valence-electron chi connectivity index (χ2n) is 9.85. The molecule has 9 atom stereocenters. The number of aliphatic hydroxyl groups excluding tert-OH is 6. The number of hydrogen-bond acceptors (Lipinski definition) is 14. The molecule has 8 N–H and O–H groups in total. The molecular formula is C27H30O14. The van der Waals surface area contributed by atoms with Gasteiger partial charge in [0, 0.05) is 17.7 Å². The first kappa shape index (κ1) is 29.2. The van der Waals surface area contributed by atoms with Crippen LogP contribution in [-0.4, -0.2) is 110 Å². The molecule has 2 aliphatic heterocycles. The van der Waals surface area contributed by atoms with Crippen molar-refractivity contribution in [2.75, 3.05) is 20.3 Å². The van der Waals surface area contributed by atoms with Gasteiger partial charge in [0.2, 0.25) is 0 Å². The number of fused-ring (bicyclic) bond motifs is 1. The summed E-state index contributed by atoms with van der Waals surface area (Å²) in [7, 11) is 1.26. The van der Waals surface area contributed by atoms with E-state index < -0.39 is 79.5 Å². The summed E-state index contributed by atoms with van der Waals surface area (Å²) in [6.07, 6.45) is -14.4. The van der Waals surface area contributed by atoms with Gasteiger partial charge < -0.3 is 64.2 Å². The quantitative estimate of drug-likeness (QED) is 0.173. The number of phenolic OH excluding ortho intramolecular Hbond substituents is 2. The van der Waals surface area contributed by atoms with Crippen LogP contribution in [0.15, 0.2) is 45.6 Å². The predicted molar refractivity (Wildman–Crippen MR) is 137 cm³/mol. The zero-order chi connectivity index (χ0) is 29.6. The Kier molecular flexibility index (Phi) is 8.20. The van der Waals surface area contributed by atoms with Crippen LogP contribution in [0.4, 0.5) is 0 Å². The molecule has 2 aliphatic rings. The van der Waals surface area contributed by atoms with Gasteiger partial charge in [-0.15, -0.1) is 0 Å². The topological polar surface area (TPSA) is 229 Å². The van der Waals surface area contributed by atoms with Gasteiger partial charge in [-0.25, -0.2) is 0 Å². The Morgan fingerprint density at radius 3 is 2.32 bits per heavy atom. The van der Waals surface area contributed by atoms with Crippen molar-refractivity contribution in [1.82, 2.24) is 0 Å². The average Bonchev–Trinajstić information content (AvgIpc) is 2.95. The highest BCUT2D eigenvalue weighted by Gasteiger charge is 2.50. The molecular weight excluding hydrogens is 548 g/mol. The van der Waals surface area contributed by atoms with Crippen LogP contribution in [0.5, 0.6) is 17.2 Å². The Morgan fingerprint density at radius 1 is 0.951 bits per heavy atom. The maximum absolute atomic E-state index is 13.2. The standard InChI is InChI=1S/C27H30O14/c1-37-15-7-16-18(12(30)6-14(39-16)10-2-4-11(29)5-3-10)22(34)19(15)25-26(23(35)21(33)17(8-28)40-25)41-27-24(36)20(32)13(31)9-38-27/h2-7,13,17,20-21,23-29,31-36H,8-9H2,1H3/t13-,17-,20-,21-,23+,24-,25+,26-,27-/m1/s1. The lowest BCUT2D eigenvalue weighted by atomic mass is 9.89. The molecule has 3 heterocycles. The maximum atomic E-state index is 13.2. The van der Waals surface area contributed by atoms with Gasteiger partial charge in [-0.2, -0.15) is 0 Å². The van der Waals surface area contributed by atoms with E-state index in [1.807, 2.05) is 0 Å². The van der Waals surface area contributed by atoms with E-state index in [1.54, 1.807) is 0 Å². The minimum atomic E-state index is -1.79. The molecule has 2 saturated heterocycles. The van der Waals surface area contributed by atoms with E-state index in [1.165, 1.54) is 37.4 Å². The zero-order valence-electron chi connectivity index (χ0n) is 21.6. The van der Waals surface area contributed by atoms with E-state index in [-0.39, 0.29) is 33.8 Å². The number of rotatable bonds is 6. The first-order chi connectivity index (χ1) is 19.5. The second-order valence-corrected chi connectivity index (χ2v) is 9.85. The van der Waals surface area contributed by atoms with Crippen molar-refractivity contribution in [1.29, 1.82) is 0 Å². The molecule has 222 valence electrons. The second kappa shape index (κ2) is 11.5. The fraction of sp³-hybridized carbons (Fsp3) is 0.444. The molecule has 0 unspecified atom stereocenters. The van der Waals surface area contributed by atoms with Gasteiger partial charge in [0.1, 0.15) is 82.8 Å². The zero-order valence-corrected chi connectivity index (χ0v) is 21.6. The minimum Gasteiger partial charge on any atom is -0.508 e. The average molecular weight is 579 g/mol. The minimum absolute atomic E-state index is 0.00965. The fourth-order valence-corrected chi connectivity index (χ4v) is 5.04. The Bertz CT molecular complexity index is 1440. The molecule has 14 heteroatoms. The molecule has 14 nitrogen and oxygen atoms in total. The van der Waals surface area contributed by atoms with Crippen molar-refractivity contribution in [3.63, 3.8) is 0 Å². The SMILES string of the molecule is COc1cc2oc(-c3ccc(O)cc3)cc(=O)c2c(O)c1[C@@H]1O[C@H](CO)[C@@H](O)[C@H](O)[C@H]1O[C@H]1OC[C@@H](O)[C@@H](O)[C@H]1O. The summed E-state index contributed by atoms with van der Waals surface area (Å²) in [6, 6.07) is 8.31. The molecule has 0 saturated carbocycles. The van der Waals surface area contributed by atoms with Crippen molar-refractivity contribution in [3.05, 3.63) is 52.2 Å². The molecule has 2 aromatic carbocycles. The van der Waals surface area contributed by atoms with E-state index in [0.717, 1.165) is 6.07 Å². The summed E-state index contributed by atoms with van der Waals surface area (Å²) in [5.41, 5.74) is -0.472. The molecule has 0 aliphatic carbocycles. The first-order valence-electron chi connectivity index (χ1n) is 12.7. The van der Waals surface area contributed by atoms with E-state index >= 15 is 0 Å². The largest absolute Gasteiger partial charge is 0.508 e. The monoisotopic (exact) mass is 578 g/mol. The fourth-order valence-electron chi connectivity index (χ4n) is 5.04. The molecule has 1 aromatic heterocycles. The van der Waals surface area contributed by atoms with Gasteiger partial charge in [0.15, 0.2) is 11.7 Å². The van der Waals surface area contributed by atoms with Crippen molar-refractivity contribution in [2.24, 2.45) is 0 Å². The summed E-state index contributed by atoms with van der Waals surface area (Å²) in [5, 5.41) is 82.2. The smallest absolute Gasteiger partial charge is 0.197 e. The van der Waals surface area contributed by atoms with Gasteiger partial charge in [-0.3, -0.25) is 4.79 Å². The van der Waals surface area contributed by atoms with Crippen LogP contribution in [0.2, 0.25) is 0 Å². The third-order valence-electron chi connectivity index (χ3n) is 7.26. The molecule has 0 radical (unpaired) electrons. The highest BCUT2D eigenvalue weighted by Crippen LogP contribution is 2.46. The third-order valence-corrected chi connectivity index (χ3v) is 7.26. The molecule has 5 rings (SSSR count). The van der Waals surface area contributed by atoms with E-state index in [2.05, 4.69) is 0 Å². The van der Waals surface area contributed by atoms with Gasteiger partial charge in [0.05, 0.1) is 25.9 Å². The van der Waals surface area contributed by atoms with Crippen LogP contribution in [0.25, 0.3) is 22.3 Å². The van der Waals surface area contributed by atoms with Crippen molar-refractivity contribution in [3.8, 4) is 28.6 Å². The number of methoxy groups -OCH3 is 1. The lowest BCUT2D eigenvalue weighted by Gasteiger charge is -2.45. The Hall–Kier alpha value is -3.31. The number of phenols is 2. The molecule has 0 spiro atoms. The van der Waals surface area contributed by atoms with Crippen LogP contribution in [-0.2, 0) is 14.2 Å². The summed E-state index contributed by atoms with van der Waals surface area (Å²) < 4.78 is 28.2. The van der Waals surface area contributed by atoms with Gasteiger partial charge in [-0.1, -0.05) is 0 Å². The van der Waals surface area contributed by atoms with E-state index in [0.29, 0.717) is 5.56 Å². The number of aliphatic hydroxyl groups is 6. The van der Waals surface area contributed by atoms with Crippen LogP contribution in [0.1, 0.15) is 11.7 Å². The van der Waals surface area contributed by atoms with Crippen LogP contribution < -0.4 is 10.2 Å². The first-order valence-corrected chi connectivity index (χ1v) is 12.7. The Labute approximate surface area is 231 Å². The van der Waals surface area contributed by atoms with Crippen molar-refractivity contribution < 1.29 is 64.2 Å². The summed E-state index contributed by atoms with van der Waals surface area (Å²) in [4.78, 5) is 13.2. The highest BCUT2D eigenvalue weighted by atomic mass is 16.7. The van der Waals surface area contributed by atoms with E-state index in [4.69, 9.17) is 23.4 Å². The molecule has 3 aromatic rings. The van der Waals surface area contributed by atoms with Crippen molar-refractivity contribution >= 4 is 11.0 Å². The van der Waals surface area contributed by atoms with Gasteiger partial charge in [0.25, 0.3) is 0 Å². The highest BCUT2D eigenvalue weighted by molar-refractivity contribution is 5.88. The lowest BCUT2D eigenvalue weighted by Crippen LogP contribution is -2.60. The molecule has 0 bridgehead atoms. The summed E-state index contributed by atoms with van der Waals surface area (Å²) in [6.45, 7) is -1.17. The van der Waals surface area contributed by atoms with Gasteiger partial charge in [-0.05, 0) is 24.3 Å². The van der Waals surface area contributed by atoms with Crippen LogP contribution in [0.3, 0.4) is 0 Å². The Morgan fingerprint density at radius 2 is 1.66 bits per heavy atom. The summed E-state index contributed by atoms with van der Waals surface area (Å²) in [5.74, 6) is -0.601. The molecule has 2 fully saturated rings. The van der Waals surface area contributed by atoms with Gasteiger partial charge >= 0.3 is 0 Å². The normalized spacial score (nSPS) is 32.2. The number of ether oxygens (including phenoxy) is 4. The number of benzene rings is 2. The van der Waals surface area contributed by atoms with E-state index in [9.17, 15) is 45.6 Å². The number of aromatic hydroxyl groups is 2. The molecule has 41 heavy (non-hydrogen) atoms.